The average molecular weight is 315 g/mol. The molecule has 2 saturated carbocycles. The average Bonchev–Trinajstić information content (AvgIpc) is 3.09. The van der Waals surface area contributed by atoms with E-state index in [0.29, 0.717) is 31.5 Å². The van der Waals surface area contributed by atoms with Crippen LogP contribution in [-0.4, -0.2) is 45.9 Å². The van der Waals surface area contributed by atoms with Gasteiger partial charge in [-0.2, -0.15) is 12.7 Å². The van der Waals surface area contributed by atoms with E-state index < -0.39 is 10.2 Å². The van der Waals surface area contributed by atoms with Crippen molar-refractivity contribution < 1.29 is 8.42 Å². The van der Waals surface area contributed by atoms with Gasteiger partial charge >= 0.3 is 0 Å². The molecule has 0 radical (unpaired) electrons. The van der Waals surface area contributed by atoms with Crippen LogP contribution in [0.4, 0.5) is 0 Å². The number of hydrogen-bond acceptors (Lipinski definition) is 3. The zero-order valence-electron chi connectivity index (χ0n) is 13.1. The van der Waals surface area contributed by atoms with E-state index in [4.69, 9.17) is 0 Å². The van der Waals surface area contributed by atoms with Gasteiger partial charge in [0, 0.05) is 19.6 Å². The van der Waals surface area contributed by atoms with Crippen molar-refractivity contribution in [3.63, 3.8) is 0 Å². The van der Waals surface area contributed by atoms with Crippen molar-refractivity contribution in [2.75, 3.05) is 33.2 Å². The van der Waals surface area contributed by atoms with E-state index >= 15 is 0 Å². The molecule has 0 aromatic heterocycles. The van der Waals surface area contributed by atoms with E-state index in [0.717, 1.165) is 31.2 Å². The number of nitrogens with one attached hydrogen (secondary N) is 2. The highest BCUT2D eigenvalue weighted by atomic mass is 32.2. The summed E-state index contributed by atoms with van der Waals surface area (Å²) in [6.07, 6.45) is 7.18. The van der Waals surface area contributed by atoms with Gasteiger partial charge < -0.3 is 5.32 Å². The smallest absolute Gasteiger partial charge is 0.279 e. The van der Waals surface area contributed by atoms with Crippen LogP contribution in [0.2, 0.25) is 0 Å². The Hall–Kier alpha value is -0.170. The van der Waals surface area contributed by atoms with E-state index in [9.17, 15) is 8.42 Å². The Labute approximate surface area is 129 Å². The van der Waals surface area contributed by atoms with Crippen molar-refractivity contribution in [2.45, 2.75) is 38.5 Å². The SMILES string of the molecule is CNCC1CCN(S(=O)(=O)NCC2CC3CCC2C3)CC1. The maximum Gasteiger partial charge on any atom is 0.279 e. The van der Waals surface area contributed by atoms with E-state index in [1.807, 2.05) is 7.05 Å². The fraction of sp³-hybridized carbons (Fsp3) is 1.00. The molecule has 1 aliphatic heterocycles. The molecule has 0 amide bonds. The minimum Gasteiger partial charge on any atom is -0.319 e. The van der Waals surface area contributed by atoms with E-state index in [1.54, 1.807) is 4.31 Å². The number of rotatable bonds is 6. The first-order valence-corrected chi connectivity index (χ1v) is 9.92. The maximum absolute atomic E-state index is 12.4. The van der Waals surface area contributed by atoms with Crippen LogP contribution in [0.25, 0.3) is 0 Å². The zero-order valence-corrected chi connectivity index (χ0v) is 13.9. The highest BCUT2D eigenvalue weighted by molar-refractivity contribution is 7.87. The van der Waals surface area contributed by atoms with Gasteiger partial charge in [0.1, 0.15) is 0 Å². The zero-order chi connectivity index (χ0) is 14.9. The van der Waals surface area contributed by atoms with Gasteiger partial charge in [0.2, 0.25) is 0 Å². The summed E-state index contributed by atoms with van der Waals surface area (Å²) in [5.41, 5.74) is 0. The molecule has 2 bridgehead atoms. The summed E-state index contributed by atoms with van der Waals surface area (Å²) < 4.78 is 29.4. The van der Waals surface area contributed by atoms with Gasteiger partial charge in [-0.25, -0.2) is 4.72 Å². The summed E-state index contributed by atoms with van der Waals surface area (Å²) in [6, 6.07) is 0. The Kier molecular flexibility index (Phi) is 4.88. The molecule has 3 aliphatic rings. The van der Waals surface area contributed by atoms with Crippen LogP contribution >= 0.6 is 0 Å². The van der Waals surface area contributed by atoms with Crippen molar-refractivity contribution in [1.82, 2.24) is 14.3 Å². The highest BCUT2D eigenvalue weighted by Crippen LogP contribution is 2.48. The molecule has 3 unspecified atom stereocenters. The summed E-state index contributed by atoms with van der Waals surface area (Å²) in [4.78, 5) is 0. The molecule has 1 heterocycles. The Morgan fingerprint density at radius 3 is 2.38 bits per heavy atom. The third-order valence-electron chi connectivity index (χ3n) is 5.82. The van der Waals surface area contributed by atoms with Crippen molar-refractivity contribution in [1.29, 1.82) is 0 Å². The molecule has 3 fully saturated rings. The summed E-state index contributed by atoms with van der Waals surface area (Å²) in [7, 11) is -1.30. The van der Waals surface area contributed by atoms with Crippen molar-refractivity contribution in [2.24, 2.45) is 23.7 Å². The Balaban J connectivity index is 1.46. The van der Waals surface area contributed by atoms with E-state index in [-0.39, 0.29) is 0 Å². The standard InChI is InChI=1S/C15H29N3O2S/c1-16-10-12-4-6-18(7-5-12)21(19,20)17-11-15-9-13-2-3-14(15)8-13/h12-17H,2-11H2,1H3. The lowest BCUT2D eigenvalue weighted by Gasteiger charge is -2.32. The molecule has 3 rings (SSSR count). The summed E-state index contributed by atoms with van der Waals surface area (Å²) in [6.45, 7) is 2.98. The second kappa shape index (κ2) is 6.52. The van der Waals surface area contributed by atoms with Gasteiger partial charge in [-0.05, 0) is 69.4 Å². The minimum absolute atomic E-state index is 0.584. The first-order chi connectivity index (χ1) is 10.1. The van der Waals surface area contributed by atoms with Crippen LogP contribution < -0.4 is 10.0 Å². The summed E-state index contributed by atoms with van der Waals surface area (Å²) >= 11 is 0. The number of fused-ring (bicyclic) bond motifs is 2. The molecule has 1 saturated heterocycles. The van der Waals surface area contributed by atoms with Crippen LogP contribution in [0.3, 0.4) is 0 Å². The molecule has 3 atom stereocenters. The molecule has 5 nitrogen and oxygen atoms in total. The number of hydrogen-bond donors (Lipinski definition) is 2. The fourth-order valence-electron chi connectivity index (χ4n) is 4.57. The van der Waals surface area contributed by atoms with E-state index in [2.05, 4.69) is 10.0 Å². The largest absolute Gasteiger partial charge is 0.319 e. The monoisotopic (exact) mass is 315 g/mol. The quantitative estimate of drug-likeness (QED) is 0.774. The van der Waals surface area contributed by atoms with Crippen molar-refractivity contribution in [3.8, 4) is 0 Å². The molecular weight excluding hydrogens is 286 g/mol. The molecule has 2 N–H and O–H groups in total. The van der Waals surface area contributed by atoms with Gasteiger partial charge in [0.25, 0.3) is 10.2 Å². The molecule has 122 valence electrons. The van der Waals surface area contributed by atoms with Crippen LogP contribution in [0.15, 0.2) is 0 Å². The highest BCUT2D eigenvalue weighted by Gasteiger charge is 2.40. The third kappa shape index (κ3) is 3.60. The number of piperidine rings is 1. The normalized spacial score (nSPS) is 34.6. The van der Waals surface area contributed by atoms with Crippen LogP contribution in [0, 0.1) is 23.7 Å². The Morgan fingerprint density at radius 2 is 1.81 bits per heavy atom. The first kappa shape index (κ1) is 15.7. The molecule has 0 aromatic carbocycles. The van der Waals surface area contributed by atoms with Gasteiger partial charge in [-0.3, -0.25) is 0 Å². The molecule has 2 aliphatic carbocycles. The molecular formula is C15H29N3O2S. The predicted molar refractivity (Wildman–Crippen MR) is 84.1 cm³/mol. The van der Waals surface area contributed by atoms with Crippen molar-refractivity contribution in [3.05, 3.63) is 0 Å². The van der Waals surface area contributed by atoms with Crippen LogP contribution in [0.5, 0.6) is 0 Å². The minimum atomic E-state index is -3.26. The number of nitrogens with zero attached hydrogens (tertiary/aromatic N) is 1. The first-order valence-electron chi connectivity index (χ1n) is 8.48. The van der Waals surface area contributed by atoms with Gasteiger partial charge in [-0.15, -0.1) is 0 Å². The fourth-order valence-corrected chi connectivity index (χ4v) is 5.87. The van der Waals surface area contributed by atoms with E-state index in [1.165, 1.54) is 25.7 Å². The molecule has 0 spiro atoms. The summed E-state index contributed by atoms with van der Waals surface area (Å²) in [5, 5.41) is 3.19. The van der Waals surface area contributed by atoms with Crippen LogP contribution in [-0.2, 0) is 10.2 Å². The molecule has 0 aromatic rings. The van der Waals surface area contributed by atoms with Crippen LogP contribution in [0.1, 0.15) is 38.5 Å². The van der Waals surface area contributed by atoms with Gasteiger partial charge in [-0.1, -0.05) is 6.42 Å². The summed E-state index contributed by atoms with van der Waals surface area (Å²) in [5.74, 6) is 2.85. The molecule has 21 heavy (non-hydrogen) atoms. The lowest BCUT2D eigenvalue weighted by atomic mass is 9.89. The maximum atomic E-state index is 12.4. The Morgan fingerprint density at radius 1 is 1.05 bits per heavy atom. The van der Waals surface area contributed by atoms with Gasteiger partial charge in [0.15, 0.2) is 0 Å². The molecule has 6 heteroatoms. The predicted octanol–water partition coefficient (Wildman–Crippen LogP) is 1.19. The third-order valence-corrected chi connectivity index (χ3v) is 7.40. The van der Waals surface area contributed by atoms with Gasteiger partial charge in [0.05, 0.1) is 0 Å². The topological polar surface area (TPSA) is 61.4 Å². The van der Waals surface area contributed by atoms with Crippen molar-refractivity contribution >= 4 is 10.2 Å². The lowest BCUT2D eigenvalue weighted by Crippen LogP contribution is -2.47. The second-order valence-electron chi connectivity index (χ2n) is 7.19. The second-order valence-corrected chi connectivity index (χ2v) is 8.94. The Bertz CT molecular complexity index is 446. The lowest BCUT2D eigenvalue weighted by molar-refractivity contribution is 0.265.